The van der Waals surface area contributed by atoms with Crippen LogP contribution < -0.4 is 5.43 Å². The largest absolute Gasteiger partial charge is 0.291 e. The average molecular weight is 261 g/mol. The van der Waals surface area contributed by atoms with Crippen LogP contribution in [0.4, 0.5) is 0 Å². The second-order valence-corrected chi connectivity index (χ2v) is 3.78. The lowest BCUT2D eigenvalue weighted by atomic mass is 10.2. The lowest BCUT2D eigenvalue weighted by Gasteiger charge is -1.97. The molecule has 0 aliphatic heterocycles. The lowest BCUT2D eigenvalue weighted by Crippen LogP contribution is -2.19. The van der Waals surface area contributed by atoms with Gasteiger partial charge in [0.05, 0.1) is 12.4 Å². The van der Waals surface area contributed by atoms with E-state index in [0.29, 0.717) is 5.02 Å². The number of aromatic nitrogens is 2. The van der Waals surface area contributed by atoms with Gasteiger partial charge in [0.25, 0.3) is 5.91 Å². The van der Waals surface area contributed by atoms with E-state index in [1.165, 1.54) is 24.8 Å². The molecular weight excluding hydrogens is 252 g/mol. The van der Waals surface area contributed by atoms with Crippen LogP contribution in [0.1, 0.15) is 16.1 Å². The molecule has 0 atom stereocenters. The highest BCUT2D eigenvalue weighted by Crippen LogP contribution is 2.07. The molecule has 0 aliphatic rings. The van der Waals surface area contributed by atoms with Crippen LogP contribution >= 0.6 is 11.6 Å². The number of nitrogens with zero attached hydrogens (tertiary/aromatic N) is 3. The van der Waals surface area contributed by atoms with Crippen molar-refractivity contribution in [2.24, 2.45) is 5.10 Å². The monoisotopic (exact) mass is 260 g/mol. The zero-order valence-electron chi connectivity index (χ0n) is 9.25. The van der Waals surface area contributed by atoms with Gasteiger partial charge in [-0.15, -0.1) is 0 Å². The van der Waals surface area contributed by atoms with Crippen molar-refractivity contribution in [1.82, 2.24) is 15.4 Å². The van der Waals surface area contributed by atoms with Crippen molar-refractivity contribution >= 4 is 23.7 Å². The first-order chi connectivity index (χ1) is 8.75. The number of hydrogen-bond acceptors (Lipinski definition) is 4. The number of halogens is 1. The van der Waals surface area contributed by atoms with Gasteiger partial charge in [-0.3, -0.25) is 9.78 Å². The third-order valence-corrected chi connectivity index (χ3v) is 2.30. The molecule has 1 N–H and O–H groups in total. The lowest BCUT2D eigenvalue weighted by molar-refractivity contribution is 0.0950. The Morgan fingerprint density at radius 2 is 2.06 bits per heavy atom. The van der Waals surface area contributed by atoms with Gasteiger partial charge in [0, 0.05) is 17.4 Å². The Hall–Kier alpha value is -2.27. The summed E-state index contributed by atoms with van der Waals surface area (Å²) in [6.45, 7) is 0. The van der Waals surface area contributed by atoms with Gasteiger partial charge < -0.3 is 0 Å². The molecule has 90 valence electrons. The summed E-state index contributed by atoms with van der Waals surface area (Å²) in [5, 5.41) is 4.46. The predicted octanol–water partition coefficient (Wildman–Crippen LogP) is 1.89. The third-order valence-electron chi connectivity index (χ3n) is 2.05. The van der Waals surface area contributed by atoms with Gasteiger partial charge in [0.1, 0.15) is 5.69 Å². The van der Waals surface area contributed by atoms with Gasteiger partial charge in [-0.1, -0.05) is 23.7 Å². The Morgan fingerprint density at radius 3 is 2.72 bits per heavy atom. The fourth-order valence-electron chi connectivity index (χ4n) is 1.19. The maximum absolute atomic E-state index is 11.5. The Kier molecular flexibility index (Phi) is 3.98. The van der Waals surface area contributed by atoms with Crippen molar-refractivity contribution in [2.75, 3.05) is 0 Å². The number of hydrazone groups is 1. The van der Waals surface area contributed by atoms with Crippen LogP contribution in [0.3, 0.4) is 0 Å². The number of hydrogen-bond donors (Lipinski definition) is 1. The quantitative estimate of drug-likeness (QED) is 0.677. The van der Waals surface area contributed by atoms with Crippen molar-refractivity contribution < 1.29 is 4.79 Å². The summed E-state index contributed by atoms with van der Waals surface area (Å²) in [5.41, 5.74) is 3.40. The number of nitrogens with one attached hydrogen (secondary N) is 1. The van der Waals surface area contributed by atoms with E-state index in [1.54, 1.807) is 24.3 Å². The highest BCUT2D eigenvalue weighted by Gasteiger charge is 2.04. The van der Waals surface area contributed by atoms with Crippen molar-refractivity contribution in [2.45, 2.75) is 0 Å². The van der Waals surface area contributed by atoms with E-state index in [1.807, 2.05) is 0 Å². The zero-order chi connectivity index (χ0) is 12.8. The standard InChI is InChI=1S/C12H9ClN4O/c13-10-3-1-9(2-4-10)7-16-17-12(18)11-8-14-5-6-15-11/h1-8H,(H,17,18). The maximum Gasteiger partial charge on any atom is 0.291 e. The summed E-state index contributed by atoms with van der Waals surface area (Å²) >= 11 is 5.75. The summed E-state index contributed by atoms with van der Waals surface area (Å²) in [6, 6.07) is 7.07. The Morgan fingerprint density at radius 1 is 1.28 bits per heavy atom. The van der Waals surface area contributed by atoms with Crippen molar-refractivity contribution in [3.05, 3.63) is 59.1 Å². The molecule has 6 heteroatoms. The molecule has 0 radical (unpaired) electrons. The topological polar surface area (TPSA) is 67.2 Å². The molecule has 1 aromatic carbocycles. The minimum atomic E-state index is -0.409. The number of benzene rings is 1. The van der Waals surface area contributed by atoms with Crippen molar-refractivity contribution in [1.29, 1.82) is 0 Å². The number of carbonyl (C=O) groups is 1. The molecule has 0 aliphatic carbocycles. The predicted molar refractivity (Wildman–Crippen MR) is 68.5 cm³/mol. The highest BCUT2D eigenvalue weighted by molar-refractivity contribution is 6.30. The molecule has 2 aromatic rings. The average Bonchev–Trinajstić information content (AvgIpc) is 2.42. The first-order valence-corrected chi connectivity index (χ1v) is 5.48. The molecule has 0 unspecified atom stereocenters. The minimum Gasteiger partial charge on any atom is -0.265 e. The van der Waals surface area contributed by atoms with Gasteiger partial charge >= 0.3 is 0 Å². The Balaban J connectivity index is 1.96. The van der Waals surface area contributed by atoms with Gasteiger partial charge in [0.15, 0.2) is 0 Å². The van der Waals surface area contributed by atoms with Crippen LogP contribution in [0.15, 0.2) is 48.0 Å². The van der Waals surface area contributed by atoms with Crippen molar-refractivity contribution in [3.8, 4) is 0 Å². The summed E-state index contributed by atoms with van der Waals surface area (Å²) < 4.78 is 0. The smallest absolute Gasteiger partial charge is 0.265 e. The van der Waals surface area contributed by atoms with Gasteiger partial charge in [0.2, 0.25) is 0 Å². The highest BCUT2D eigenvalue weighted by atomic mass is 35.5. The van der Waals surface area contributed by atoms with Crippen LogP contribution in [0.2, 0.25) is 5.02 Å². The number of amides is 1. The fourth-order valence-corrected chi connectivity index (χ4v) is 1.31. The SMILES string of the molecule is O=C(NN=Cc1ccc(Cl)cc1)c1cnccn1. The van der Waals surface area contributed by atoms with Gasteiger partial charge in [-0.05, 0) is 17.7 Å². The number of carbonyl (C=O) groups excluding carboxylic acids is 1. The van der Waals surface area contributed by atoms with E-state index in [2.05, 4.69) is 20.5 Å². The van der Waals surface area contributed by atoms with Crippen LogP contribution in [0.25, 0.3) is 0 Å². The van der Waals surface area contributed by atoms with Crippen LogP contribution in [0, 0.1) is 0 Å². The van der Waals surface area contributed by atoms with E-state index in [-0.39, 0.29) is 5.69 Å². The minimum absolute atomic E-state index is 0.214. The molecule has 1 amide bonds. The van der Waals surface area contributed by atoms with Gasteiger partial charge in [-0.2, -0.15) is 5.10 Å². The fraction of sp³-hybridized carbons (Fsp3) is 0. The molecule has 1 aromatic heterocycles. The molecule has 5 nitrogen and oxygen atoms in total. The van der Waals surface area contributed by atoms with Crippen LogP contribution in [0.5, 0.6) is 0 Å². The van der Waals surface area contributed by atoms with Crippen LogP contribution in [-0.4, -0.2) is 22.1 Å². The summed E-state index contributed by atoms with van der Waals surface area (Å²) in [6.07, 6.45) is 5.82. The normalized spacial score (nSPS) is 10.5. The van der Waals surface area contributed by atoms with E-state index in [4.69, 9.17) is 11.6 Å². The Bertz CT molecular complexity index is 554. The van der Waals surface area contributed by atoms with Gasteiger partial charge in [-0.25, -0.2) is 10.4 Å². The molecule has 2 rings (SSSR count). The third kappa shape index (κ3) is 3.36. The van der Waals surface area contributed by atoms with E-state index >= 15 is 0 Å². The molecule has 0 saturated heterocycles. The van der Waals surface area contributed by atoms with Crippen molar-refractivity contribution in [3.63, 3.8) is 0 Å². The molecule has 0 bridgehead atoms. The van der Waals surface area contributed by atoms with E-state index in [9.17, 15) is 4.79 Å². The molecule has 0 fully saturated rings. The zero-order valence-corrected chi connectivity index (χ0v) is 10.0. The summed E-state index contributed by atoms with van der Waals surface area (Å²) in [4.78, 5) is 19.2. The van der Waals surface area contributed by atoms with E-state index < -0.39 is 5.91 Å². The summed E-state index contributed by atoms with van der Waals surface area (Å²) in [5.74, 6) is -0.409. The maximum atomic E-state index is 11.5. The molecule has 1 heterocycles. The molecule has 18 heavy (non-hydrogen) atoms. The molecule has 0 spiro atoms. The first kappa shape index (κ1) is 12.2. The second kappa shape index (κ2) is 5.88. The van der Waals surface area contributed by atoms with Crippen LogP contribution in [-0.2, 0) is 0 Å². The first-order valence-electron chi connectivity index (χ1n) is 5.11. The number of rotatable bonds is 3. The summed E-state index contributed by atoms with van der Waals surface area (Å²) in [7, 11) is 0. The Labute approximate surface area is 109 Å². The van der Waals surface area contributed by atoms with E-state index in [0.717, 1.165) is 5.56 Å². The molecular formula is C12H9ClN4O. The second-order valence-electron chi connectivity index (χ2n) is 3.34. The molecule has 0 saturated carbocycles.